The molecule has 41 heavy (non-hydrogen) atoms. The average molecular weight is 571 g/mol. The number of rotatable bonds is 6. The van der Waals surface area contributed by atoms with Gasteiger partial charge in [-0.05, 0) is 55.7 Å². The molecular formula is C32H28F2N4O2S. The van der Waals surface area contributed by atoms with E-state index in [4.69, 9.17) is 0 Å². The fourth-order valence-corrected chi connectivity index (χ4v) is 6.54. The van der Waals surface area contributed by atoms with Gasteiger partial charge < -0.3 is 14.8 Å². The SMILES string of the molecule is Cn1cc(C(=O)NC[C@@H]2CCCCN2C(=O)c2nc(-c3ccc(F)cc3)sc2-c2ccccc2F)c2ccccc21. The summed E-state index contributed by atoms with van der Waals surface area (Å²) in [6.45, 7) is 0.797. The van der Waals surface area contributed by atoms with E-state index in [0.717, 1.165) is 30.2 Å². The largest absolute Gasteiger partial charge is 0.350 e. The van der Waals surface area contributed by atoms with Crippen molar-refractivity contribution in [2.45, 2.75) is 25.3 Å². The average Bonchev–Trinajstić information content (AvgIpc) is 3.58. The number of piperidine rings is 1. The van der Waals surface area contributed by atoms with E-state index in [1.807, 2.05) is 42.1 Å². The quantitative estimate of drug-likeness (QED) is 0.248. The van der Waals surface area contributed by atoms with Gasteiger partial charge in [0.15, 0.2) is 0 Å². The zero-order chi connectivity index (χ0) is 28.5. The van der Waals surface area contributed by atoms with E-state index in [0.29, 0.717) is 33.1 Å². The molecule has 6 nitrogen and oxygen atoms in total. The Hall–Kier alpha value is -4.37. The summed E-state index contributed by atoms with van der Waals surface area (Å²) in [6.07, 6.45) is 4.29. The van der Waals surface area contributed by atoms with Gasteiger partial charge in [-0.2, -0.15) is 0 Å². The molecule has 2 amide bonds. The van der Waals surface area contributed by atoms with Gasteiger partial charge in [0.1, 0.15) is 22.3 Å². The Morgan fingerprint density at radius 1 is 1.00 bits per heavy atom. The first-order chi connectivity index (χ1) is 19.9. The molecule has 0 saturated carbocycles. The number of halogens is 2. The number of likely N-dealkylation sites (tertiary alicyclic amines) is 1. The van der Waals surface area contributed by atoms with Gasteiger partial charge in [-0.25, -0.2) is 13.8 Å². The fraction of sp³-hybridized carbons (Fsp3) is 0.219. The summed E-state index contributed by atoms with van der Waals surface area (Å²) >= 11 is 1.21. The van der Waals surface area contributed by atoms with Crippen molar-refractivity contribution < 1.29 is 18.4 Å². The second-order valence-electron chi connectivity index (χ2n) is 10.2. The van der Waals surface area contributed by atoms with Crippen LogP contribution < -0.4 is 5.32 Å². The summed E-state index contributed by atoms with van der Waals surface area (Å²) in [5.41, 5.74) is 2.65. The highest BCUT2D eigenvalue weighted by atomic mass is 32.1. The number of benzene rings is 3. The second-order valence-corrected chi connectivity index (χ2v) is 11.2. The van der Waals surface area contributed by atoms with E-state index in [9.17, 15) is 18.4 Å². The molecular weight excluding hydrogens is 542 g/mol. The van der Waals surface area contributed by atoms with Crippen LogP contribution in [0.3, 0.4) is 0 Å². The van der Waals surface area contributed by atoms with Crippen molar-refractivity contribution in [1.29, 1.82) is 0 Å². The number of nitrogens with zero attached hydrogens (tertiary/aromatic N) is 3. The predicted octanol–water partition coefficient (Wildman–Crippen LogP) is 6.67. The van der Waals surface area contributed by atoms with Crippen LogP contribution in [0.5, 0.6) is 0 Å². The molecule has 0 bridgehead atoms. The van der Waals surface area contributed by atoms with E-state index in [1.165, 1.54) is 29.5 Å². The second kappa shape index (κ2) is 11.2. The minimum Gasteiger partial charge on any atom is -0.350 e. The number of para-hydroxylation sites is 1. The van der Waals surface area contributed by atoms with Gasteiger partial charge in [0, 0.05) is 54.4 Å². The number of hydrogen-bond acceptors (Lipinski definition) is 4. The summed E-state index contributed by atoms with van der Waals surface area (Å²) < 4.78 is 30.4. The lowest BCUT2D eigenvalue weighted by atomic mass is 10.0. The van der Waals surface area contributed by atoms with Crippen molar-refractivity contribution in [3.05, 3.63) is 102 Å². The molecule has 3 heterocycles. The Bertz CT molecular complexity index is 1740. The summed E-state index contributed by atoms with van der Waals surface area (Å²) in [5, 5.41) is 4.42. The van der Waals surface area contributed by atoms with E-state index >= 15 is 0 Å². The Kier molecular flexibility index (Phi) is 7.36. The summed E-state index contributed by atoms with van der Waals surface area (Å²) in [4.78, 5) is 34.1. The molecule has 0 unspecified atom stereocenters. The van der Waals surface area contributed by atoms with Crippen LogP contribution in [0.4, 0.5) is 8.78 Å². The van der Waals surface area contributed by atoms with Crippen LogP contribution in [0, 0.1) is 11.6 Å². The molecule has 1 N–H and O–H groups in total. The molecule has 1 aliphatic heterocycles. The van der Waals surface area contributed by atoms with E-state index < -0.39 is 5.82 Å². The first-order valence-electron chi connectivity index (χ1n) is 13.6. The molecule has 0 spiro atoms. The zero-order valence-electron chi connectivity index (χ0n) is 22.4. The number of fused-ring (bicyclic) bond motifs is 1. The van der Waals surface area contributed by atoms with Gasteiger partial charge in [0.25, 0.3) is 11.8 Å². The van der Waals surface area contributed by atoms with Crippen LogP contribution in [-0.2, 0) is 7.05 Å². The number of thiazole rings is 1. The number of aryl methyl sites for hydroxylation is 1. The molecule has 0 radical (unpaired) electrons. The van der Waals surface area contributed by atoms with Crippen LogP contribution >= 0.6 is 11.3 Å². The maximum absolute atomic E-state index is 14.9. The van der Waals surface area contributed by atoms with Crippen LogP contribution in [0.25, 0.3) is 31.9 Å². The molecule has 208 valence electrons. The molecule has 1 saturated heterocycles. The van der Waals surface area contributed by atoms with Crippen molar-refractivity contribution in [2.75, 3.05) is 13.1 Å². The molecule has 9 heteroatoms. The minimum atomic E-state index is -0.451. The van der Waals surface area contributed by atoms with Crippen molar-refractivity contribution in [3.8, 4) is 21.0 Å². The maximum Gasteiger partial charge on any atom is 0.274 e. The molecule has 0 aliphatic carbocycles. The van der Waals surface area contributed by atoms with Crippen LogP contribution in [0.1, 0.15) is 40.1 Å². The third-order valence-electron chi connectivity index (χ3n) is 7.57. The first-order valence-corrected chi connectivity index (χ1v) is 14.4. The van der Waals surface area contributed by atoms with Crippen LogP contribution in [-0.4, -0.2) is 45.4 Å². The van der Waals surface area contributed by atoms with E-state index in [2.05, 4.69) is 10.3 Å². The molecule has 1 aliphatic rings. The van der Waals surface area contributed by atoms with E-state index in [1.54, 1.807) is 35.2 Å². The molecule has 2 aromatic heterocycles. The number of nitrogens with one attached hydrogen (secondary N) is 1. The van der Waals surface area contributed by atoms with Gasteiger partial charge in [0.2, 0.25) is 0 Å². The number of aromatic nitrogens is 2. The summed E-state index contributed by atoms with van der Waals surface area (Å²) in [7, 11) is 1.90. The third kappa shape index (κ3) is 5.25. The van der Waals surface area contributed by atoms with Gasteiger partial charge in [-0.3, -0.25) is 9.59 Å². The van der Waals surface area contributed by atoms with Crippen molar-refractivity contribution in [1.82, 2.24) is 19.8 Å². The first kappa shape index (κ1) is 26.8. The summed E-state index contributed by atoms with van der Waals surface area (Å²) in [6, 6.07) is 19.7. The highest BCUT2D eigenvalue weighted by Gasteiger charge is 2.32. The molecule has 3 aromatic carbocycles. The van der Waals surface area contributed by atoms with Crippen molar-refractivity contribution in [3.63, 3.8) is 0 Å². The Labute approximate surface area is 240 Å². The number of carbonyl (C=O) groups is 2. The standard InChI is InChI=1S/C32H28F2N4O2S/c1-37-19-25(23-9-3-5-12-27(23)37)30(39)35-18-22-8-6-7-17-38(22)32(40)28-29(24-10-2-4-11-26(24)34)41-31(36-28)20-13-15-21(33)16-14-20/h2-5,9-16,19,22H,6-8,17-18H2,1H3,(H,35,39)/t22-/m0/s1. The predicted molar refractivity (Wildman–Crippen MR) is 157 cm³/mol. The zero-order valence-corrected chi connectivity index (χ0v) is 23.3. The highest BCUT2D eigenvalue weighted by Crippen LogP contribution is 2.38. The van der Waals surface area contributed by atoms with Crippen molar-refractivity contribution >= 4 is 34.1 Å². The van der Waals surface area contributed by atoms with Gasteiger partial charge in [0.05, 0.1) is 10.4 Å². The molecule has 1 fully saturated rings. The number of hydrogen-bond donors (Lipinski definition) is 1. The van der Waals surface area contributed by atoms with Crippen LogP contribution in [0.2, 0.25) is 0 Å². The fourth-order valence-electron chi connectivity index (χ4n) is 5.45. The monoisotopic (exact) mass is 570 g/mol. The molecule has 1 atom stereocenters. The van der Waals surface area contributed by atoms with Gasteiger partial charge in [-0.15, -0.1) is 11.3 Å². The lowest BCUT2D eigenvalue weighted by Gasteiger charge is -2.35. The maximum atomic E-state index is 14.9. The smallest absolute Gasteiger partial charge is 0.274 e. The summed E-state index contributed by atoms with van der Waals surface area (Å²) in [5.74, 6) is -1.33. The van der Waals surface area contributed by atoms with Crippen molar-refractivity contribution in [2.24, 2.45) is 7.05 Å². The normalized spacial score (nSPS) is 15.3. The molecule has 6 rings (SSSR count). The van der Waals surface area contributed by atoms with E-state index in [-0.39, 0.29) is 35.9 Å². The van der Waals surface area contributed by atoms with Gasteiger partial charge >= 0.3 is 0 Å². The lowest BCUT2D eigenvalue weighted by molar-refractivity contribution is 0.0598. The Balaban J connectivity index is 1.29. The lowest BCUT2D eigenvalue weighted by Crippen LogP contribution is -2.49. The minimum absolute atomic E-state index is 0.159. The number of carbonyl (C=O) groups excluding carboxylic acids is 2. The molecule has 5 aromatic rings. The Morgan fingerprint density at radius 3 is 2.56 bits per heavy atom. The third-order valence-corrected chi connectivity index (χ3v) is 8.70. The van der Waals surface area contributed by atoms with Crippen LogP contribution in [0.15, 0.2) is 79.0 Å². The highest BCUT2D eigenvalue weighted by molar-refractivity contribution is 7.18. The topological polar surface area (TPSA) is 67.2 Å². The van der Waals surface area contributed by atoms with Gasteiger partial charge in [-0.1, -0.05) is 36.4 Å². The number of amides is 2. The Morgan fingerprint density at radius 2 is 1.76 bits per heavy atom.